The van der Waals surface area contributed by atoms with Gasteiger partial charge in [0.1, 0.15) is 0 Å². The van der Waals surface area contributed by atoms with Gasteiger partial charge < -0.3 is 14.2 Å². The van der Waals surface area contributed by atoms with Crippen LogP contribution in [0, 0.1) is 6.92 Å². The molecule has 2 heterocycles. The Hall–Kier alpha value is -2.21. The Bertz CT molecular complexity index is 752. The minimum absolute atomic E-state index is 0.0583. The van der Waals surface area contributed by atoms with Crippen molar-refractivity contribution < 1.29 is 14.1 Å². The molecule has 0 unspecified atom stereocenters. The predicted octanol–water partition coefficient (Wildman–Crippen LogP) is 2.79. The summed E-state index contributed by atoms with van der Waals surface area (Å²) in [4.78, 5) is 19.0. The number of carbonyl (C=O) groups excluding carboxylic acids is 1. The van der Waals surface area contributed by atoms with Crippen molar-refractivity contribution in [3.8, 4) is 0 Å². The molecule has 1 aromatic carbocycles. The third-order valence-electron chi connectivity index (χ3n) is 4.76. The fraction of sp³-hybridized carbons (Fsp3) is 0.526. The second kappa shape index (κ2) is 6.59. The first-order valence-corrected chi connectivity index (χ1v) is 8.91. The van der Waals surface area contributed by atoms with E-state index in [1.807, 2.05) is 43.0 Å². The van der Waals surface area contributed by atoms with Crippen LogP contribution >= 0.6 is 0 Å². The van der Waals surface area contributed by atoms with Gasteiger partial charge in [0.25, 0.3) is 5.89 Å². The lowest BCUT2D eigenvalue weighted by Crippen LogP contribution is -2.46. The van der Waals surface area contributed by atoms with E-state index in [0.29, 0.717) is 31.3 Å². The highest BCUT2D eigenvalue weighted by molar-refractivity contribution is 5.79. The number of aryl methyl sites for hydroxylation is 1. The van der Waals surface area contributed by atoms with Gasteiger partial charge >= 0.3 is 0 Å². The Kier molecular flexibility index (Phi) is 4.29. The van der Waals surface area contributed by atoms with Gasteiger partial charge in [-0.25, -0.2) is 0 Å². The quantitative estimate of drug-likeness (QED) is 0.855. The fourth-order valence-corrected chi connectivity index (χ4v) is 3.17. The summed E-state index contributed by atoms with van der Waals surface area (Å²) >= 11 is 0. The summed E-state index contributed by atoms with van der Waals surface area (Å²) in [7, 11) is 0. The Morgan fingerprint density at radius 2 is 2.00 bits per heavy atom. The normalized spacial score (nSPS) is 23.7. The summed E-state index contributed by atoms with van der Waals surface area (Å²) in [6, 6.07) is 8.08. The molecular weight excluding hydrogens is 318 g/mol. The maximum absolute atomic E-state index is 12.7. The average Bonchev–Trinajstić information content (AvgIpc) is 3.33. The first kappa shape index (κ1) is 16.3. The molecule has 4 rings (SSSR count). The van der Waals surface area contributed by atoms with E-state index in [4.69, 9.17) is 9.26 Å². The number of morpholine rings is 1. The SMILES string of the molecule is Cc1ccc(CC(=O)N2C[C@@H](C)O[C@@H](c3nc(C4CC4)no3)C2)cc1. The number of rotatable bonds is 4. The van der Waals surface area contributed by atoms with Gasteiger partial charge in [-0.1, -0.05) is 35.0 Å². The molecule has 6 heteroatoms. The van der Waals surface area contributed by atoms with E-state index in [-0.39, 0.29) is 18.1 Å². The van der Waals surface area contributed by atoms with Crippen molar-refractivity contribution in [3.63, 3.8) is 0 Å². The fourth-order valence-electron chi connectivity index (χ4n) is 3.17. The Morgan fingerprint density at radius 1 is 1.24 bits per heavy atom. The molecule has 2 fully saturated rings. The minimum Gasteiger partial charge on any atom is -0.362 e. The molecule has 2 atom stereocenters. The zero-order valence-corrected chi connectivity index (χ0v) is 14.6. The van der Waals surface area contributed by atoms with Crippen molar-refractivity contribution >= 4 is 5.91 Å². The number of ether oxygens (including phenoxy) is 1. The van der Waals surface area contributed by atoms with Crippen LogP contribution in [0.4, 0.5) is 0 Å². The van der Waals surface area contributed by atoms with Crippen molar-refractivity contribution in [2.24, 2.45) is 0 Å². The van der Waals surface area contributed by atoms with E-state index < -0.39 is 0 Å². The highest BCUT2D eigenvalue weighted by Gasteiger charge is 2.35. The number of benzene rings is 1. The van der Waals surface area contributed by atoms with Crippen LogP contribution in [-0.2, 0) is 16.0 Å². The number of hydrogen-bond donors (Lipinski definition) is 0. The summed E-state index contributed by atoms with van der Waals surface area (Å²) in [5, 5.41) is 4.05. The van der Waals surface area contributed by atoms with Gasteiger partial charge in [0.05, 0.1) is 19.1 Å². The van der Waals surface area contributed by atoms with Gasteiger partial charge in [-0.2, -0.15) is 4.98 Å². The lowest BCUT2D eigenvalue weighted by Gasteiger charge is -2.35. The molecule has 6 nitrogen and oxygen atoms in total. The molecule has 1 aliphatic carbocycles. The van der Waals surface area contributed by atoms with Crippen LogP contribution in [-0.4, -0.2) is 40.1 Å². The topological polar surface area (TPSA) is 68.5 Å². The lowest BCUT2D eigenvalue weighted by atomic mass is 10.1. The van der Waals surface area contributed by atoms with Crippen LogP contribution in [0.3, 0.4) is 0 Å². The molecule has 0 bridgehead atoms. The highest BCUT2D eigenvalue weighted by atomic mass is 16.5. The number of nitrogens with zero attached hydrogens (tertiary/aromatic N) is 3. The maximum Gasteiger partial charge on any atom is 0.257 e. The Morgan fingerprint density at radius 3 is 2.72 bits per heavy atom. The molecule has 1 saturated heterocycles. The van der Waals surface area contributed by atoms with Gasteiger partial charge in [0.15, 0.2) is 11.9 Å². The summed E-state index contributed by atoms with van der Waals surface area (Å²) < 4.78 is 11.3. The molecule has 0 spiro atoms. The lowest BCUT2D eigenvalue weighted by molar-refractivity contribution is -0.146. The summed E-state index contributed by atoms with van der Waals surface area (Å²) in [6.45, 7) is 5.06. The van der Waals surface area contributed by atoms with Gasteiger partial charge in [0, 0.05) is 12.5 Å². The summed E-state index contributed by atoms with van der Waals surface area (Å²) in [5.41, 5.74) is 2.22. The number of hydrogen-bond acceptors (Lipinski definition) is 5. The largest absolute Gasteiger partial charge is 0.362 e. The number of carbonyl (C=O) groups is 1. The Labute approximate surface area is 147 Å². The van der Waals surface area contributed by atoms with Gasteiger partial charge in [-0.15, -0.1) is 0 Å². The first-order valence-electron chi connectivity index (χ1n) is 8.91. The molecule has 2 aliphatic rings. The van der Waals surface area contributed by atoms with Crippen molar-refractivity contribution in [1.29, 1.82) is 0 Å². The van der Waals surface area contributed by atoms with Crippen molar-refractivity contribution in [2.45, 2.75) is 51.2 Å². The van der Waals surface area contributed by atoms with E-state index in [0.717, 1.165) is 24.2 Å². The van der Waals surface area contributed by atoms with Crippen LogP contribution in [0.2, 0.25) is 0 Å². The van der Waals surface area contributed by atoms with Crippen LogP contribution in [0.15, 0.2) is 28.8 Å². The first-order chi connectivity index (χ1) is 12.1. The van der Waals surface area contributed by atoms with Crippen LogP contribution in [0.1, 0.15) is 54.6 Å². The molecule has 0 N–H and O–H groups in total. The van der Waals surface area contributed by atoms with E-state index in [1.165, 1.54) is 5.56 Å². The zero-order valence-electron chi connectivity index (χ0n) is 14.6. The molecule has 2 aromatic rings. The van der Waals surface area contributed by atoms with Gasteiger partial charge in [-0.3, -0.25) is 4.79 Å². The summed E-state index contributed by atoms with van der Waals surface area (Å²) in [5.74, 6) is 1.81. The van der Waals surface area contributed by atoms with E-state index in [2.05, 4.69) is 10.1 Å². The van der Waals surface area contributed by atoms with Crippen molar-refractivity contribution in [3.05, 3.63) is 47.1 Å². The second-order valence-electron chi connectivity index (χ2n) is 7.16. The zero-order chi connectivity index (χ0) is 17.4. The Balaban J connectivity index is 1.43. The molecule has 0 radical (unpaired) electrons. The number of amides is 1. The van der Waals surface area contributed by atoms with E-state index >= 15 is 0 Å². The van der Waals surface area contributed by atoms with Crippen molar-refractivity contribution in [1.82, 2.24) is 15.0 Å². The average molecular weight is 341 g/mol. The van der Waals surface area contributed by atoms with Crippen LogP contribution in [0.5, 0.6) is 0 Å². The molecule has 25 heavy (non-hydrogen) atoms. The predicted molar refractivity (Wildman–Crippen MR) is 91.0 cm³/mol. The van der Waals surface area contributed by atoms with Gasteiger partial charge in [0.2, 0.25) is 5.91 Å². The molecule has 1 saturated carbocycles. The third kappa shape index (κ3) is 3.74. The molecule has 132 valence electrons. The third-order valence-corrected chi connectivity index (χ3v) is 4.76. The van der Waals surface area contributed by atoms with E-state index in [9.17, 15) is 4.79 Å². The standard InChI is InChI=1S/C19H23N3O3/c1-12-3-5-14(6-4-12)9-17(23)22-10-13(2)24-16(11-22)19-20-18(21-25-19)15-7-8-15/h3-6,13,15-16H,7-11H2,1-2H3/t13-,16-/m1/s1. The highest BCUT2D eigenvalue weighted by Crippen LogP contribution is 2.39. The molecule has 1 aromatic heterocycles. The smallest absolute Gasteiger partial charge is 0.257 e. The van der Waals surface area contributed by atoms with Crippen LogP contribution < -0.4 is 0 Å². The molecule has 1 aliphatic heterocycles. The van der Waals surface area contributed by atoms with E-state index in [1.54, 1.807) is 0 Å². The van der Waals surface area contributed by atoms with Crippen molar-refractivity contribution in [2.75, 3.05) is 13.1 Å². The van der Waals surface area contributed by atoms with Crippen LogP contribution in [0.25, 0.3) is 0 Å². The molecular formula is C19H23N3O3. The monoisotopic (exact) mass is 341 g/mol. The second-order valence-corrected chi connectivity index (χ2v) is 7.16. The van der Waals surface area contributed by atoms with Gasteiger partial charge in [-0.05, 0) is 32.3 Å². The molecule has 1 amide bonds. The summed E-state index contributed by atoms with van der Waals surface area (Å²) in [6.07, 6.45) is 2.25. The maximum atomic E-state index is 12.7. The number of aromatic nitrogens is 2. The minimum atomic E-state index is -0.342.